The predicted octanol–water partition coefficient (Wildman–Crippen LogP) is 4.13. The van der Waals surface area contributed by atoms with Crippen molar-refractivity contribution in [3.05, 3.63) is 33.4 Å². The van der Waals surface area contributed by atoms with Crippen molar-refractivity contribution in [1.82, 2.24) is 0 Å². The summed E-state index contributed by atoms with van der Waals surface area (Å²) in [5, 5.41) is 0. The van der Waals surface area contributed by atoms with Crippen molar-refractivity contribution < 1.29 is 17.6 Å². The van der Waals surface area contributed by atoms with E-state index >= 15 is 0 Å². The van der Waals surface area contributed by atoms with E-state index < -0.39 is 37.0 Å². The molecule has 0 aliphatic heterocycles. The van der Waals surface area contributed by atoms with Gasteiger partial charge in [0.15, 0.2) is 0 Å². The maximum absolute atomic E-state index is 13.7. The van der Waals surface area contributed by atoms with Crippen molar-refractivity contribution in [3.63, 3.8) is 0 Å². The second-order valence-corrected chi connectivity index (χ2v) is 5.48. The Morgan fingerprint density at radius 3 is 1.82 bits per heavy atom. The summed E-state index contributed by atoms with van der Waals surface area (Å²) in [6, 6.07) is 6.39. The van der Waals surface area contributed by atoms with Gasteiger partial charge in [0.25, 0.3) is 0 Å². The maximum Gasteiger partial charge on any atom is 0.141 e. The molecule has 0 heterocycles. The molecule has 2 rings (SSSR count). The SMILES string of the molecule is F[C@@H]1C[C@H](F)[C@H](F)C(c2ccc(I)cc2)[C@@H]1F. The van der Waals surface area contributed by atoms with Crippen LogP contribution in [0.25, 0.3) is 0 Å². The van der Waals surface area contributed by atoms with Crippen LogP contribution >= 0.6 is 22.6 Å². The van der Waals surface area contributed by atoms with E-state index in [2.05, 4.69) is 22.6 Å². The van der Waals surface area contributed by atoms with Crippen LogP contribution in [-0.2, 0) is 0 Å². The van der Waals surface area contributed by atoms with E-state index in [1.165, 1.54) is 12.1 Å². The van der Waals surface area contributed by atoms with Gasteiger partial charge in [0.1, 0.15) is 24.7 Å². The fraction of sp³-hybridized carbons (Fsp3) is 0.500. The third kappa shape index (κ3) is 2.58. The smallest absolute Gasteiger partial charge is 0.141 e. The van der Waals surface area contributed by atoms with E-state index in [0.29, 0.717) is 5.56 Å². The molecule has 0 amide bonds. The van der Waals surface area contributed by atoms with E-state index in [0.717, 1.165) is 3.57 Å². The van der Waals surface area contributed by atoms with Crippen molar-refractivity contribution in [2.45, 2.75) is 37.0 Å². The topological polar surface area (TPSA) is 0 Å². The van der Waals surface area contributed by atoms with Gasteiger partial charge in [-0.15, -0.1) is 0 Å². The lowest BCUT2D eigenvalue weighted by molar-refractivity contribution is -0.00571. The Morgan fingerprint density at radius 1 is 0.882 bits per heavy atom. The van der Waals surface area contributed by atoms with Crippen LogP contribution in [0.4, 0.5) is 17.6 Å². The molecule has 0 aromatic heterocycles. The van der Waals surface area contributed by atoms with Gasteiger partial charge in [0.05, 0.1) is 5.92 Å². The van der Waals surface area contributed by atoms with Gasteiger partial charge in [-0.2, -0.15) is 0 Å². The number of hydrogen-bond acceptors (Lipinski definition) is 0. The zero-order chi connectivity index (χ0) is 12.6. The summed E-state index contributed by atoms with van der Waals surface area (Å²) in [5.74, 6) is -1.34. The molecular formula is C12H11F4I. The first-order valence-corrected chi connectivity index (χ1v) is 6.40. The summed E-state index contributed by atoms with van der Waals surface area (Å²) in [5.41, 5.74) is 0.315. The number of hydrogen-bond donors (Lipinski definition) is 0. The van der Waals surface area contributed by atoms with Gasteiger partial charge in [-0.1, -0.05) is 12.1 Å². The van der Waals surface area contributed by atoms with Crippen LogP contribution in [0, 0.1) is 3.57 Å². The van der Waals surface area contributed by atoms with Crippen LogP contribution < -0.4 is 0 Å². The Bertz CT molecular complexity index is 367. The van der Waals surface area contributed by atoms with E-state index in [1.807, 2.05) is 0 Å². The Labute approximate surface area is 111 Å². The largest absolute Gasteiger partial charge is 0.244 e. The Kier molecular flexibility index (Phi) is 3.95. The summed E-state index contributed by atoms with van der Waals surface area (Å²) in [7, 11) is 0. The van der Waals surface area contributed by atoms with Crippen molar-refractivity contribution in [3.8, 4) is 0 Å². The van der Waals surface area contributed by atoms with Gasteiger partial charge in [-0.05, 0) is 40.3 Å². The summed E-state index contributed by atoms with van der Waals surface area (Å²) in [4.78, 5) is 0. The molecule has 0 saturated heterocycles. The second-order valence-electron chi connectivity index (χ2n) is 4.23. The molecule has 17 heavy (non-hydrogen) atoms. The molecule has 5 atom stereocenters. The summed E-state index contributed by atoms with van der Waals surface area (Å²) in [6.45, 7) is 0. The van der Waals surface area contributed by atoms with Crippen molar-refractivity contribution >= 4 is 22.6 Å². The first-order chi connectivity index (χ1) is 8.00. The highest BCUT2D eigenvalue weighted by Gasteiger charge is 2.47. The fourth-order valence-electron chi connectivity index (χ4n) is 2.15. The molecule has 1 aliphatic rings. The van der Waals surface area contributed by atoms with Crippen LogP contribution in [0.1, 0.15) is 17.9 Å². The van der Waals surface area contributed by atoms with Gasteiger partial charge in [0.2, 0.25) is 0 Å². The quantitative estimate of drug-likeness (QED) is 0.523. The zero-order valence-electron chi connectivity index (χ0n) is 8.79. The first kappa shape index (κ1) is 13.1. The second kappa shape index (κ2) is 5.12. The Hall–Kier alpha value is -0.330. The number of rotatable bonds is 1. The van der Waals surface area contributed by atoms with Crippen molar-refractivity contribution in [2.75, 3.05) is 0 Å². The minimum Gasteiger partial charge on any atom is -0.244 e. The molecule has 0 spiro atoms. The van der Waals surface area contributed by atoms with E-state index in [-0.39, 0.29) is 0 Å². The van der Waals surface area contributed by atoms with Gasteiger partial charge in [-0.3, -0.25) is 0 Å². The molecule has 1 aromatic rings. The van der Waals surface area contributed by atoms with Gasteiger partial charge in [0, 0.05) is 9.99 Å². The predicted molar refractivity (Wildman–Crippen MR) is 66.1 cm³/mol. The first-order valence-electron chi connectivity index (χ1n) is 5.32. The highest BCUT2D eigenvalue weighted by Crippen LogP contribution is 2.40. The molecule has 1 aliphatic carbocycles. The van der Waals surface area contributed by atoms with Gasteiger partial charge < -0.3 is 0 Å². The van der Waals surface area contributed by atoms with Crippen LogP contribution in [0.15, 0.2) is 24.3 Å². The molecule has 0 bridgehead atoms. The number of halogens is 5. The lowest BCUT2D eigenvalue weighted by Crippen LogP contribution is -2.43. The van der Waals surface area contributed by atoms with E-state index in [4.69, 9.17) is 0 Å². The highest BCUT2D eigenvalue weighted by molar-refractivity contribution is 14.1. The third-order valence-electron chi connectivity index (χ3n) is 3.08. The normalized spacial score (nSPS) is 38.1. The molecule has 5 heteroatoms. The Balaban J connectivity index is 2.30. The third-order valence-corrected chi connectivity index (χ3v) is 3.80. The van der Waals surface area contributed by atoms with Crippen LogP contribution in [0.3, 0.4) is 0 Å². The molecule has 0 nitrogen and oxygen atoms in total. The molecule has 0 N–H and O–H groups in total. The van der Waals surface area contributed by atoms with Gasteiger partial charge >= 0.3 is 0 Å². The monoisotopic (exact) mass is 358 g/mol. The van der Waals surface area contributed by atoms with Crippen LogP contribution in [0.2, 0.25) is 0 Å². The molecule has 1 aromatic carbocycles. The van der Waals surface area contributed by atoms with E-state index in [1.54, 1.807) is 12.1 Å². The molecule has 1 unspecified atom stereocenters. The summed E-state index contributed by atoms with van der Waals surface area (Å²) in [6.07, 6.45) is -8.50. The van der Waals surface area contributed by atoms with E-state index in [9.17, 15) is 17.6 Å². The average molecular weight is 358 g/mol. The number of alkyl halides is 4. The average Bonchev–Trinajstić information content (AvgIpc) is 2.29. The maximum atomic E-state index is 13.7. The molecule has 1 fully saturated rings. The standard InChI is InChI=1S/C12H11F4I/c13-8-5-9(14)12(16)10(11(8)15)6-1-3-7(17)4-2-6/h1-4,8-12H,5H2/t8-,9+,10?,11-,12+. The van der Waals surface area contributed by atoms with Crippen molar-refractivity contribution in [1.29, 1.82) is 0 Å². The minimum absolute atomic E-state index is 0.315. The fourth-order valence-corrected chi connectivity index (χ4v) is 2.51. The molecule has 94 valence electrons. The minimum atomic E-state index is -1.97. The van der Waals surface area contributed by atoms with Gasteiger partial charge in [-0.25, -0.2) is 17.6 Å². The summed E-state index contributed by atoms with van der Waals surface area (Å²) < 4.78 is 54.7. The molecule has 1 saturated carbocycles. The van der Waals surface area contributed by atoms with Crippen molar-refractivity contribution in [2.24, 2.45) is 0 Å². The lowest BCUT2D eigenvalue weighted by Gasteiger charge is -2.34. The van der Waals surface area contributed by atoms with Crippen LogP contribution in [0.5, 0.6) is 0 Å². The molecular weight excluding hydrogens is 347 g/mol. The zero-order valence-corrected chi connectivity index (χ0v) is 11.0. The molecule has 0 radical (unpaired) electrons. The lowest BCUT2D eigenvalue weighted by atomic mass is 9.79. The van der Waals surface area contributed by atoms with Crippen LogP contribution in [-0.4, -0.2) is 24.7 Å². The number of benzene rings is 1. The summed E-state index contributed by atoms with van der Waals surface area (Å²) >= 11 is 2.05. The Morgan fingerprint density at radius 2 is 1.35 bits per heavy atom. The highest BCUT2D eigenvalue weighted by atomic mass is 127.